The van der Waals surface area contributed by atoms with Crippen LogP contribution in [0.2, 0.25) is 0 Å². The molecule has 2 fully saturated rings. The number of hydrogen-bond acceptors (Lipinski definition) is 2. The molecule has 94 valence electrons. The van der Waals surface area contributed by atoms with E-state index in [0.717, 1.165) is 11.8 Å². The topological polar surface area (TPSA) is 38.0 Å². The van der Waals surface area contributed by atoms with Crippen molar-refractivity contribution >= 4 is 0 Å². The van der Waals surface area contributed by atoms with Gasteiger partial charge in [0.1, 0.15) is 0 Å². The maximum Gasteiger partial charge on any atom is 0.0210 e. The molecule has 2 aliphatic rings. The first-order valence-electron chi connectivity index (χ1n) is 7.34. The zero-order valence-electron chi connectivity index (χ0n) is 10.6. The molecule has 0 aliphatic heterocycles. The second-order valence-corrected chi connectivity index (χ2v) is 5.97. The molecule has 1 unspecified atom stereocenters. The SMILES string of the molecule is NNC(CCC1CCCCC1)CCC1CC1. The third-order valence-corrected chi connectivity index (χ3v) is 4.50. The molecule has 3 N–H and O–H groups in total. The Bertz CT molecular complexity index is 183. The van der Waals surface area contributed by atoms with Crippen molar-refractivity contribution in [2.24, 2.45) is 17.7 Å². The molecule has 0 amide bonds. The molecule has 0 spiro atoms. The Kier molecular flexibility index (Phi) is 5.11. The lowest BCUT2D eigenvalue weighted by Gasteiger charge is -2.24. The summed E-state index contributed by atoms with van der Waals surface area (Å²) >= 11 is 0. The van der Waals surface area contributed by atoms with Crippen molar-refractivity contribution in [3.8, 4) is 0 Å². The maximum absolute atomic E-state index is 5.65. The quantitative estimate of drug-likeness (QED) is 0.514. The van der Waals surface area contributed by atoms with E-state index in [-0.39, 0.29) is 0 Å². The average Bonchev–Trinajstić information content (AvgIpc) is 3.15. The Morgan fingerprint density at radius 2 is 1.44 bits per heavy atom. The van der Waals surface area contributed by atoms with E-state index in [9.17, 15) is 0 Å². The number of rotatable bonds is 7. The maximum atomic E-state index is 5.65. The molecule has 2 heteroatoms. The van der Waals surface area contributed by atoms with Crippen LogP contribution in [0, 0.1) is 11.8 Å². The first-order chi connectivity index (χ1) is 7.88. The van der Waals surface area contributed by atoms with Crippen LogP contribution < -0.4 is 11.3 Å². The molecule has 2 saturated carbocycles. The number of hydrazine groups is 1. The molecule has 0 bridgehead atoms. The van der Waals surface area contributed by atoms with Crippen LogP contribution in [0.5, 0.6) is 0 Å². The van der Waals surface area contributed by atoms with Crippen LogP contribution in [0.1, 0.15) is 70.6 Å². The van der Waals surface area contributed by atoms with Crippen LogP contribution in [-0.2, 0) is 0 Å². The molecule has 0 aromatic heterocycles. The molecular weight excluding hydrogens is 196 g/mol. The number of nitrogens with one attached hydrogen (secondary N) is 1. The highest BCUT2D eigenvalue weighted by molar-refractivity contribution is 4.77. The summed E-state index contributed by atoms with van der Waals surface area (Å²) in [4.78, 5) is 0. The molecule has 2 aliphatic carbocycles. The summed E-state index contributed by atoms with van der Waals surface area (Å²) in [5.41, 5.74) is 3.02. The predicted molar refractivity (Wildman–Crippen MR) is 68.9 cm³/mol. The standard InChI is InChI=1S/C14H28N2/c15-16-14(11-9-13-6-7-13)10-8-12-4-2-1-3-5-12/h12-14,16H,1-11,15H2. The fourth-order valence-corrected chi connectivity index (χ4v) is 3.07. The van der Waals surface area contributed by atoms with E-state index in [4.69, 9.17) is 5.84 Å². The third kappa shape index (κ3) is 4.42. The van der Waals surface area contributed by atoms with Gasteiger partial charge in [-0.15, -0.1) is 0 Å². The van der Waals surface area contributed by atoms with Gasteiger partial charge in [0, 0.05) is 6.04 Å². The summed E-state index contributed by atoms with van der Waals surface area (Å²) < 4.78 is 0. The Morgan fingerprint density at radius 3 is 1.94 bits per heavy atom. The summed E-state index contributed by atoms with van der Waals surface area (Å²) in [7, 11) is 0. The molecular formula is C14H28N2. The summed E-state index contributed by atoms with van der Waals surface area (Å²) in [5, 5.41) is 0. The normalized spacial score (nSPS) is 24.6. The van der Waals surface area contributed by atoms with Crippen molar-refractivity contribution in [3.63, 3.8) is 0 Å². The van der Waals surface area contributed by atoms with Gasteiger partial charge in [0.25, 0.3) is 0 Å². The molecule has 0 saturated heterocycles. The van der Waals surface area contributed by atoms with Gasteiger partial charge in [0.2, 0.25) is 0 Å². The third-order valence-electron chi connectivity index (χ3n) is 4.50. The minimum absolute atomic E-state index is 0.586. The second-order valence-electron chi connectivity index (χ2n) is 5.97. The number of hydrogen-bond donors (Lipinski definition) is 2. The van der Waals surface area contributed by atoms with E-state index in [1.165, 1.54) is 70.6 Å². The first kappa shape index (κ1) is 12.4. The van der Waals surface area contributed by atoms with E-state index in [0.29, 0.717) is 6.04 Å². The van der Waals surface area contributed by atoms with E-state index in [1.54, 1.807) is 0 Å². The second kappa shape index (κ2) is 6.61. The monoisotopic (exact) mass is 224 g/mol. The fourth-order valence-electron chi connectivity index (χ4n) is 3.07. The van der Waals surface area contributed by atoms with Crippen LogP contribution in [0.4, 0.5) is 0 Å². The van der Waals surface area contributed by atoms with Crippen LogP contribution in [0.25, 0.3) is 0 Å². The lowest BCUT2D eigenvalue weighted by molar-refractivity contribution is 0.307. The lowest BCUT2D eigenvalue weighted by atomic mass is 9.85. The van der Waals surface area contributed by atoms with Gasteiger partial charge in [-0.2, -0.15) is 0 Å². The van der Waals surface area contributed by atoms with Crippen molar-refractivity contribution in [1.82, 2.24) is 5.43 Å². The zero-order chi connectivity index (χ0) is 11.2. The average molecular weight is 224 g/mol. The van der Waals surface area contributed by atoms with Crippen molar-refractivity contribution in [2.45, 2.75) is 76.7 Å². The van der Waals surface area contributed by atoms with Crippen molar-refractivity contribution in [2.75, 3.05) is 0 Å². The molecule has 2 nitrogen and oxygen atoms in total. The van der Waals surface area contributed by atoms with Gasteiger partial charge < -0.3 is 0 Å². The molecule has 0 heterocycles. The first-order valence-corrected chi connectivity index (χ1v) is 7.34. The van der Waals surface area contributed by atoms with Crippen LogP contribution in [0.3, 0.4) is 0 Å². The van der Waals surface area contributed by atoms with E-state index in [1.807, 2.05) is 0 Å². The van der Waals surface area contributed by atoms with Gasteiger partial charge in [-0.1, -0.05) is 44.9 Å². The molecule has 0 radical (unpaired) electrons. The Balaban J connectivity index is 1.57. The lowest BCUT2D eigenvalue weighted by Crippen LogP contribution is -2.35. The highest BCUT2D eigenvalue weighted by atomic mass is 15.2. The van der Waals surface area contributed by atoms with Crippen molar-refractivity contribution in [1.29, 1.82) is 0 Å². The molecule has 1 atom stereocenters. The Morgan fingerprint density at radius 1 is 0.875 bits per heavy atom. The van der Waals surface area contributed by atoms with Gasteiger partial charge in [-0.25, -0.2) is 0 Å². The van der Waals surface area contributed by atoms with Crippen LogP contribution in [0.15, 0.2) is 0 Å². The Labute approximate surface area is 100 Å². The molecule has 0 aromatic rings. The van der Waals surface area contributed by atoms with E-state index in [2.05, 4.69) is 5.43 Å². The van der Waals surface area contributed by atoms with Crippen molar-refractivity contribution in [3.05, 3.63) is 0 Å². The summed E-state index contributed by atoms with van der Waals surface area (Å²) in [6.45, 7) is 0. The predicted octanol–water partition coefficient (Wildman–Crippen LogP) is 3.37. The smallest absolute Gasteiger partial charge is 0.0210 e. The van der Waals surface area contributed by atoms with E-state index >= 15 is 0 Å². The van der Waals surface area contributed by atoms with Crippen LogP contribution >= 0.6 is 0 Å². The fraction of sp³-hybridized carbons (Fsp3) is 1.00. The summed E-state index contributed by atoms with van der Waals surface area (Å²) in [6.07, 6.45) is 15.7. The van der Waals surface area contributed by atoms with Gasteiger partial charge in [-0.3, -0.25) is 11.3 Å². The zero-order valence-corrected chi connectivity index (χ0v) is 10.6. The molecule has 0 aromatic carbocycles. The van der Waals surface area contributed by atoms with Gasteiger partial charge in [-0.05, 0) is 37.5 Å². The summed E-state index contributed by atoms with van der Waals surface area (Å²) in [5.74, 6) is 7.70. The minimum atomic E-state index is 0.586. The van der Waals surface area contributed by atoms with Gasteiger partial charge in [0.15, 0.2) is 0 Å². The molecule has 2 rings (SSSR count). The highest BCUT2D eigenvalue weighted by Crippen LogP contribution is 2.34. The summed E-state index contributed by atoms with van der Waals surface area (Å²) in [6, 6.07) is 0.586. The highest BCUT2D eigenvalue weighted by Gasteiger charge is 2.22. The molecule has 16 heavy (non-hydrogen) atoms. The van der Waals surface area contributed by atoms with E-state index < -0.39 is 0 Å². The Hall–Kier alpha value is -0.0800. The van der Waals surface area contributed by atoms with Crippen LogP contribution in [-0.4, -0.2) is 6.04 Å². The van der Waals surface area contributed by atoms with Gasteiger partial charge in [0.05, 0.1) is 0 Å². The number of nitrogens with two attached hydrogens (primary N) is 1. The minimum Gasteiger partial charge on any atom is -0.271 e. The van der Waals surface area contributed by atoms with Gasteiger partial charge >= 0.3 is 0 Å². The largest absolute Gasteiger partial charge is 0.271 e. The van der Waals surface area contributed by atoms with Crippen molar-refractivity contribution < 1.29 is 0 Å².